The average Bonchev–Trinajstić information content (AvgIpc) is 2.77. The summed E-state index contributed by atoms with van der Waals surface area (Å²) in [5.74, 6) is 0.0783. The highest BCUT2D eigenvalue weighted by atomic mass is 16.7. The van der Waals surface area contributed by atoms with Gasteiger partial charge in [-0.2, -0.15) is 5.10 Å². The number of carboxylic acids is 1. The number of hydrogen-bond acceptors (Lipinski definition) is 4. The fourth-order valence-corrected chi connectivity index (χ4v) is 1.57. The Balaban J connectivity index is 2.31. The van der Waals surface area contributed by atoms with E-state index >= 15 is 0 Å². The highest BCUT2D eigenvalue weighted by molar-refractivity contribution is 6.01. The van der Waals surface area contributed by atoms with Gasteiger partial charge in [-0.25, -0.2) is 4.79 Å². The second-order valence-corrected chi connectivity index (χ2v) is 3.13. The van der Waals surface area contributed by atoms with E-state index in [1.807, 2.05) is 0 Å². The van der Waals surface area contributed by atoms with Crippen LogP contribution in [0.4, 0.5) is 0 Å². The molecule has 0 saturated carbocycles. The van der Waals surface area contributed by atoms with Crippen molar-refractivity contribution in [2.75, 3.05) is 6.79 Å². The van der Waals surface area contributed by atoms with Gasteiger partial charge in [0.05, 0.1) is 5.52 Å². The van der Waals surface area contributed by atoms with Gasteiger partial charge >= 0.3 is 5.97 Å². The number of aromatic nitrogens is 2. The minimum absolute atomic E-state index is 0.0108. The molecule has 0 radical (unpaired) electrons. The third-order valence-corrected chi connectivity index (χ3v) is 2.26. The van der Waals surface area contributed by atoms with Crippen molar-refractivity contribution in [3.63, 3.8) is 0 Å². The number of nitrogens with one attached hydrogen (secondary N) is 1. The maximum atomic E-state index is 10.8. The summed E-state index contributed by atoms with van der Waals surface area (Å²) in [6.45, 7) is 0.164. The van der Waals surface area contributed by atoms with Crippen molar-refractivity contribution in [2.45, 2.75) is 0 Å². The van der Waals surface area contributed by atoms with Crippen LogP contribution in [0.25, 0.3) is 10.9 Å². The third-order valence-electron chi connectivity index (χ3n) is 2.26. The fourth-order valence-electron chi connectivity index (χ4n) is 1.57. The van der Waals surface area contributed by atoms with Gasteiger partial charge in [0.1, 0.15) is 0 Å². The average molecular weight is 206 g/mol. The Bertz CT molecular complexity index is 560. The number of hydrogen-bond donors (Lipinski definition) is 2. The number of carboxylic acid groups (broad SMARTS) is 1. The molecule has 15 heavy (non-hydrogen) atoms. The molecule has 2 N–H and O–H groups in total. The molecule has 3 rings (SSSR count). The monoisotopic (exact) mass is 206 g/mol. The van der Waals surface area contributed by atoms with Crippen LogP contribution in [0.15, 0.2) is 12.1 Å². The summed E-state index contributed by atoms with van der Waals surface area (Å²) in [5.41, 5.74) is 0.611. The summed E-state index contributed by atoms with van der Waals surface area (Å²) >= 11 is 0. The van der Waals surface area contributed by atoms with Crippen molar-refractivity contribution in [1.29, 1.82) is 0 Å². The van der Waals surface area contributed by atoms with Gasteiger partial charge in [-0.05, 0) is 6.07 Å². The largest absolute Gasteiger partial charge is 0.476 e. The Morgan fingerprint density at radius 3 is 2.87 bits per heavy atom. The lowest BCUT2D eigenvalue weighted by Gasteiger charge is -1.95. The lowest BCUT2D eigenvalue weighted by molar-refractivity contribution is 0.0692. The molecule has 0 fully saturated rings. The molecular formula is C9H6N2O4. The van der Waals surface area contributed by atoms with Gasteiger partial charge in [-0.1, -0.05) is 0 Å². The molecule has 2 aromatic rings. The van der Waals surface area contributed by atoms with Crippen LogP contribution in [0.1, 0.15) is 10.5 Å². The van der Waals surface area contributed by atoms with E-state index in [0.717, 1.165) is 0 Å². The van der Waals surface area contributed by atoms with Crippen LogP contribution >= 0.6 is 0 Å². The Kier molecular flexibility index (Phi) is 1.42. The Morgan fingerprint density at radius 2 is 2.13 bits per heavy atom. The van der Waals surface area contributed by atoms with Crippen molar-refractivity contribution < 1.29 is 19.4 Å². The van der Waals surface area contributed by atoms with Crippen molar-refractivity contribution in [3.8, 4) is 11.5 Å². The lowest BCUT2D eigenvalue weighted by Crippen LogP contribution is -1.96. The van der Waals surface area contributed by atoms with Crippen LogP contribution in [-0.4, -0.2) is 28.1 Å². The van der Waals surface area contributed by atoms with E-state index in [4.69, 9.17) is 14.6 Å². The summed E-state index contributed by atoms with van der Waals surface area (Å²) in [7, 11) is 0. The molecule has 0 spiro atoms. The summed E-state index contributed by atoms with van der Waals surface area (Å²) in [5, 5.41) is 15.7. The molecule has 0 unspecified atom stereocenters. The molecule has 76 valence electrons. The van der Waals surface area contributed by atoms with Gasteiger partial charge in [0, 0.05) is 11.5 Å². The Labute approximate surface area is 83.4 Å². The molecular weight excluding hydrogens is 200 g/mol. The summed E-state index contributed by atoms with van der Waals surface area (Å²) in [4.78, 5) is 10.8. The minimum atomic E-state index is -1.07. The van der Waals surface area contributed by atoms with Crippen molar-refractivity contribution in [3.05, 3.63) is 17.8 Å². The van der Waals surface area contributed by atoms with Crippen molar-refractivity contribution >= 4 is 16.9 Å². The quantitative estimate of drug-likeness (QED) is 0.726. The summed E-state index contributed by atoms with van der Waals surface area (Å²) < 4.78 is 10.3. The predicted octanol–water partition coefficient (Wildman–Crippen LogP) is 0.990. The van der Waals surface area contributed by atoms with Gasteiger partial charge in [0.25, 0.3) is 0 Å². The first-order chi connectivity index (χ1) is 7.25. The summed E-state index contributed by atoms with van der Waals surface area (Å²) in [6, 6.07) is 3.29. The Morgan fingerprint density at radius 1 is 1.40 bits per heavy atom. The molecule has 0 aliphatic carbocycles. The molecule has 0 amide bonds. The molecule has 2 heterocycles. The second-order valence-electron chi connectivity index (χ2n) is 3.13. The maximum absolute atomic E-state index is 10.8. The highest BCUT2D eigenvalue weighted by Gasteiger charge is 2.19. The van der Waals surface area contributed by atoms with Gasteiger partial charge < -0.3 is 14.6 Å². The minimum Gasteiger partial charge on any atom is -0.476 e. The van der Waals surface area contributed by atoms with Gasteiger partial charge in [0.15, 0.2) is 17.2 Å². The molecule has 6 heteroatoms. The first-order valence-electron chi connectivity index (χ1n) is 4.27. The van der Waals surface area contributed by atoms with E-state index in [9.17, 15) is 4.79 Å². The number of H-pyrrole nitrogens is 1. The van der Waals surface area contributed by atoms with E-state index in [1.54, 1.807) is 12.1 Å². The van der Waals surface area contributed by atoms with E-state index in [-0.39, 0.29) is 12.5 Å². The zero-order valence-electron chi connectivity index (χ0n) is 7.48. The highest BCUT2D eigenvalue weighted by Crippen LogP contribution is 2.36. The molecule has 1 aromatic carbocycles. The third kappa shape index (κ3) is 1.04. The number of aromatic carboxylic acids is 1. The fraction of sp³-hybridized carbons (Fsp3) is 0.111. The molecule has 1 aliphatic rings. The van der Waals surface area contributed by atoms with Crippen LogP contribution in [-0.2, 0) is 0 Å². The predicted molar refractivity (Wildman–Crippen MR) is 49.2 cm³/mol. The van der Waals surface area contributed by atoms with E-state index in [1.165, 1.54) is 0 Å². The molecule has 1 aliphatic heterocycles. The van der Waals surface area contributed by atoms with Crippen molar-refractivity contribution in [1.82, 2.24) is 10.2 Å². The number of fused-ring (bicyclic) bond motifs is 2. The number of nitrogens with zero attached hydrogens (tertiary/aromatic N) is 1. The SMILES string of the molecule is O=C(O)c1n[nH]c2cc3c(cc12)OCO3. The molecule has 6 nitrogen and oxygen atoms in total. The first-order valence-corrected chi connectivity index (χ1v) is 4.27. The number of rotatable bonds is 1. The van der Waals surface area contributed by atoms with Gasteiger partial charge in [0.2, 0.25) is 6.79 Å². The number of benzene rings is 1. The van der Waals surface area contributed by atoms with Crippen molar-refractivity contribution in [2.24, 2.45) is 0 Å². The van der Waals surface area contributed by atoms with Crippen LogP contribution in [0.5, 0.6) is 11.5 Å². The Hall–Kier alpha value is -2.24. The molecule has 1 aromatic heterocycles. The number of aromatic amines is 1. The standard InChI is InChI=1S/C9H6N2O4/c12-9(13)8-4-1-6-7(15-3-14-6)2-5(4)10-11-8/h1-2H,3H2,(H,10,11)(H,12,13). The van der Waals surface area contributed by atoms with Gasteiger partial charge in [-0.3, -0.25) is 5.10 Å². The zero-order chi connectivity index (χ0) is 10.4. The number of carbonyl (C=O) groups is 1. The van der Waals surface area contributed by atoms with Crippen LogP contribution < -0.4 is 9.47 Å². The van der Waals surface area contributed by atoms with Crippen LogP contribution in [0.2, 0.25) is 0 Å². The maximum Gasteiger partial charge on any atom is 0.357 e. The van der Waals surface area contributed by atoms with E-state index in [2.05, 4.69) is 10.2 Å². The first kappa shape index (κ1) is 8.10. The van der Waals surface area contributed by atoms with E-state index < -0.39 is 5.97 Å². The second kappa shape index (κ2) is 2.63. The number of ether oxygens (including phenoxy) is 2. The molecule has 0 bridgehead atoms. The van der Waals surface area contributed by atoms with E-state index in [0.29, 0.717) is 22.4 Å². The van der Waals surface area contributed by atoms with Crippen LogP contribution in [0, 0.1) is 0 Å². The van der Waals surface area contributed by atoms with Crippen LogP contribution in [0.3, 0.4) is 0 Å². The lowest BCUT2D eigenvalue weighted by atomic mass is 10.2. The zero-order valence-corrected chi connectivity index (χ0v) is 7.48. The van der Waals surface area contributed by atoms with Gasteiger partial charge in [-0.15, -0.1) is 0 Å². The molecule has 0 saturated heterocycles. The summed E-state index contributed by atoms with van der Waals surface area (Å²) in [6.07, 6.45) is 0. The smallest absolute Gasteiger partial charge is 0.357 e. The normalized spacial score (nSPS) is 13.3. The topological polar surface area (TPSA) is 84.4 Å². The molecule has 0 atom stereocenters.